The zero-order valence-electron chi connectivity index (χ0n) is 7.69. The molecule has 0 aromatic carbocycles. The predicted octanol–water partition coefficient (Wildman–Crippen LogP) is 0.981. The molecule has 0 aliphatic rings. The molecule has 0 fully saturated rings. The fourth-order valence-electron chi connectivity index (χ4n) is 0.991. The van der Waals surface area contributed by atoms with Crippen LogP contribution in [0.1, 0.15) is 5.56 Å². The number of nitrogens with zero attached hydrogens (tertiary/aromatic N) is 3. The van der Waals surface area contributed by atoms with Gasteiger partial charge in [-0.2, -0.15) is 14.6 Å². The number of hydrogen-bond acceptors (Lipinski definition) is 6. The molecule has 0 saturated carbocycles. The Bertz CT molecular complexity index is 613. The molecule has 0 bridgehead atoms. The molecule has 0 atom stereocenters. The Morgan fingerprint density at radius 2 is 2.44 bits per heavy atom. The van der Waals surface area contributed by atoms with Crippen LogP contribution in [0.15, 0.2) is 17.1 Å². The van der Waals surface area contributed by atoms with Crippen LogP contribution in [0.2, 0.25) is 0 Å². The van der Waals surface area contributed by atoms with Crippen LogP contribution in [0.25, 0.3) is 0 Å². The highest BCUT2D eigenvalue weighted by molar-refractivity contribution is 7.10. The summed E-state index contributed by atoms with van der Waals surface area (Å²) in [6, 6.07) is 2.83. The van der Waals surface area contributed by atoms with E-state index < -0.39 is 11.5 Å². The number of aromatic amines is 1. The van der Waals surface area contributed by atoms with Crippen molar-refractivity contribution in [2.75, 3.05) is 5.32 Å². The van der Waals surface area contributed by atoms with Crippen LogP contribution in [-0.2, 0) is 0 Å². The minimum atomic E-state index is -0.695. The fourth-order valence-corrected chi connectivity index (χ4v) is 1.67. The lowest BCUT2D eigenvalue weighted by atomic mass is 10.4. The summed E-state index contributed by atoms with van der Waals surface area (Å²) in [5.41, 5.74) is -0.565. The Morgan fingerprint density at radius 3 is 3.12 bits per heavy atom. The highest BCUT2D eigenvalue weighted by atomic mass is 32.1. The molecule has 2 N–H and O–H groups in total. The third-order valence-corrected chi connectivity index (χ3v) is 2.46. The molecule has 16 heavy (non-hydrogen) atoms. The summed E-state index contributed by atoms with van der Waals surface area (Å²) in [6.07, 6.45) is 1.23. The zero-order chi connectivity index (χ0) is 11.5. The topological polar surface area (TPSA) is 94.5 Å². The number of hydrogen-bond donors (Lipinski definition) is 2. The molecule has 80 valence electrons. The van der Waals surface area contributed by atoms with Gasteiger partial charge >= 0.3 is 0 Å². The van der Waals surface area contributed by atoms with Crippen molar-refractivity contribution in [2.24, 2.45) is 0 Å². The first-order valence-corrected chi connectivity index (χ1v) is 4.89. The molecule has 2 rings (SSSR count). The van der Waals surface area contributed by atoms with Gasteiger partial charge in [0.05, 0.1) is 0 Å². The van der Waals surface area contributed by atoms with E-state index in [0.717, 1.165) is 17.6 Å². The maximum atomic E-state index is 12.7. The number of H-pyrrole nitrogens is 1. The average Bonchev–Trinajstić information content (AvgIpc) is 2.59. The number of nitrogens with one attached hydrogen (secondary N) is 2. The van der Waals surface area contributed by atoms with Crippen LogP contribution in [0.3, 0.4) is 0 Å². The third kappa shape index (κ3) is 1.89. The number of rotatable bonds is 2. The molecule has 2 aromatic rings. The van der Waals surface area contributed by atoms with E-state index in [1.54, 1.807) is 6.07 Å². The van der Waals surface area contributed by atoms with Crippen LogP contribution < -0.4 is 10.9 Å². The maximum Gasteiger partial charge on any atom is 0.278 e. The van der Waals surface area contributed by atoms with Crippen molar-refractivity contribution in [3.05, 3.63) is 34.1 Å². The van der Waals surface area contributed by atoms with E-state index >= 15 is 0 Å². The van der Waals surface area contributed by atoms with Crippen LogP contribution >= 0.6 is 11.5 Å². The summed E-state index contributed by atoms with van der Waals surface area (Å²) in [5, 5.41) is 11.6. The highest BCUT2D eigenvalue weighted by Crippen LogP contribution is 2.18. The second-order valence-corrected chi connectivity index (χ2v) is 3.49. The summed E-state index contributed by atoms with van der Waals surface area (Å²) in [6.45, 7) is 0. The number of halogens is 1. The second-order valence-electron chi connectivity index (χ2n) is 2.68. The molecule has 0 radical (unpaired) electrons. The fraction of sp³-hybridized carbons (Fsp3) is 0. The first kappa shape index (κ1) is 10.3. The van der Waals surface area contributed by atoms with Gasteiger partial charge in [-0.25, -0.2) is 4.98 Å². The summed E-state index contributed by atoms with van der Waals surface area (Å²) in [5.74, 6) is -0.703. The summed E-state index contributed by atoms with van der Waals surface area (Å²) in [7, 11) is 0. The minimum Gasteiger partial charge on any atom is -0.313 e. The van der Waals surface area contributed by atoms with Gasteiger partial charge in [0.2, 0.25) is 11.9 Å². The molecule has 0 amide bonds. The normalized spacial score (nSPS) is 9.75. The Balaban J connectivity index is 2.35. The Morgan fingerprint density at radius 1 is 1.62 bits per heavy atom. The molecular formula is C8H4FN5OS. The molecule has 2 aromatic heterocycles. The summed E-state index contributed by atoms with van der Waals surface area (Å²) >= 11 is 0.928. The molecule has 0 aliphatic carbocycles. The van der Waals surface area contributed by atoms with Gasteiger partial charge in [-0.3, -0.25) is 9.17 Å². The molecule has 0 unspecified atom stereocenters. The monoisotopic (exact) mass is 237 g/mol. The van der Waals surface area contributed by atoms with Crippen LogP contribution in [0.5, 0.6) is 0 Å². The molecule has 0 spiro atoms. The van der Waals surface area contributed by atoms with Crippen LogP contribution in [-0.4, -0.2) is 14.3 Å². The van der Waals surface area contributed by atoms with E-state index in [1.165, 1.54) is 6.20 Å². The van der Waals surface area contributed by atoms with E-state index in [-0.39, 0.29) is 16.5 Å². The van der Waals surface area contributed by atoms with Crippen molar-refractivity contribution in [1.29, 1.82) is 5.26 Å². The van der Waals surface area contributed by atoms with Gasteiger partial charge in [0.15, 0.2) is 5.56 Å². The number of aromatic nitrogens is 3. The molecular weight excluding hydrogens is 233 g/mol. The van der Waals surface area contributed by atoms with Crippen LogP contribution in [0.4, 0.5) is 15.3 Å². The Kier molecular flexibility index (Phi) is 2.61. The molecule has 8 heteroatoms. The lowest BCUT2D eigenvalue weighted by Crippen LogP contribution is -2.04. The number of anilines is 2. The summed E-state index contributed by atoms with van der Waals surface area (Å²) in [4.78, 5) is 18.3. The first-order valence-electron chi connectivity index (χ1n) is 4.08. The van der Waals surface area contributed by atoms with Gasteiger partial charge in [-0.1, -0.05) is 0 Å². The van der Waals surface area contributed by atoms with Gasteiger partial charge in [-0.15, -0.1) is 0 Å². The molecule has 6 nitrogen and oxygen atoms in total. The smallest absolute Gasteiger partial charge is 0.278 e. The van der Waals surface area contributed by atoms with Gasteiger partial charge < -0.3 is 5.32 Å². The second kappa shape index (κ2) is 4.08. The SMILES string of the molecule is N#Cc1c(Nc2nccc(F)n2)s[nH]c1=O. The van der Waals surface area contributed by atoms with Crippen molar-refractivity contribution in [3.63, 3.8) is 0 Å². The zero-order valence-corrected chi connectivity index (χ0v) is 8.51. The summed E-state index contributed by atoms with van der Waals surface area (Å²) < 4.78 is 15.1. The van der Waals surface area contributed by atoms with E-state index in [0.29, 0.717) is 0 Å². The lowest BCUT2D eigenvalue weighted by molar-refractivity contribution is 0.582. The molecule has 2 heterocycles. The maximum absolute atomic E-state index is 12.7. The van der Waals surface area contributed by atoms with E-state index in [4.69, 9.17) is 5.26 Å². The van der Waals surface area contributed by atoms with E-state index in [1.807, 2.05) is 0 Å². The Hall–Kier alpha value is -2.27. The Labute approximate surface area is 92.6 Å². The standard InChI is InChI=1S/C8H4FN5OS/c9-5-1-2-11-8(12-5)13-7-4(3-10)6(15)14-16-7/h1-2H,(H,14,15)(H,11,12,13). The van der Waals surface area contributed by atoms with Gasteiger partial charge in [0, 0.05) is 12.3 Å². The van der Waals surface area contributed by atoms with E-state index in [2.05, 4.69) is 19.7 Å². The first-order chi connectivity index (χ1) is 7.70. The van der Waals surface area contributed by atoms with Gasteiger partial charge in [0.1, 0.15) is 11.1 Å². The van der Waals surface area contributed by atoms with E-state index in [9.17, 15) is 9.18 Å². The van der Waals surface area contributed by atoms with Crippen molar-refractivity contribution >= 4 is 22.5 Å². The minimum absolute atomic E-state index is 0.00764. The molecule has 0 aliphatic heterocycles. The van der Waals surface area contributed by atoms with Crippen molar-refractivity contribution in [3.8, 4) is 6.07 Å². The van der Waals surface area contributed by atoms with Gasteiger partial charge in [-0.05, 0) is 11.5 Å². The lowest BCUT2D eigenvalue weighted by Gasteiger charge is -1.99. The highest BCUT2D eigenvalue weighted by Gasteiger charge is 2.11. The van der Waals surface area contributed by atoms with Crippen molar-refractivity contribution in [1.82, 2.24) is 14.3 Å². The quantitative estimate of drug-likeness (QED) is 0.759. The van der Waals surface area contributed by atoms with Crippen LogP contribution in [0, 0.1) is 17.3 Å². The van der Waals surface area contributed by atoms with Crippen molar-refractivity contribution in [2.45, 2.75) is 0 Å². The van der Waals surface area contributed by atoms with Gasteiger partial charge in [0.25, 0.3) is 5.56 Å². The average molecular weight is 237 g/mol. The third-order valence-electron chi connectivity index (χ3n) is 1.66. The number of nitriles is 1. The predicted molar refractivity (Wildman–Crippen MR) is 54.9 cm³/mol. The largest absolute Gasteiger partial charge is 0.313 e. The molecule has 0 saturated heterocycles. The van der Waals surface area contributed by atoms with Crippen molar-refractivity contribution < 1.29 is 4.39 Å².